The molecule has 0 bridgehead atoms. The molecule has 26 heavy (non-hydrogen) atoms. The van der Waals surface area contributed by atoms with Gasteiger partial charge in [-0.3, -0.25) is 0 Å². The van der Waals surface area contributed by atoms with E-state index in [9.17, 15) is 5.11 Å². The zero-order valence-electron chi connectivity index (χ0n) is 14.1. The second kappa shape index (κ2) is 8.87. The number of phenols is 1. The quantitative estimate of drug-likeness (QED) is 0.395. The molecule has 4 nitrogen and oxygen atoms in total. The van der Waals surface area contributed by atoms with Crippen molar-refractivity contribution >= 4 is 23.1 Å². The topological polar surface area (TPSA) is 71.0 Å². The molecule has 0 atom stereocenters. The summed E-state index contributed by atoms with van der Waals surface area (Å²) in [5, 5.41) is 18.4. The van der Waals surface area contributed by atoms with E-state index in [2.05, 4.69) is 22.3 Å². The molecule has 0 aliphatic rings. The Bertz CT molecular complexity index is 906. The molecule has 3 aromatic rings. The molecular weight excluding hydrogens is 342 g/mol. The monoisotopic (exact) mass is 361 g/mol. The maximum atomic E-state index is 9.91. The van der Waals surface area contributed by atoms with Gasteiger partial charge in [-0.05, 0) is 22.8 Å². The van der Waals surface area contributed by atoms with Crippen LogP contribution in [0, 0.1) is 0 Å². The zero-order chi connectivity index (χ0) is 18.2. The molecule has 0 aliphatic heterocycles. The molecule has 0 aliphatic carbocycles. The van der Waals surface area contributed by atoms with E-state index in [1.165, 1.54) is 17.3 Å². The van der Waals surface area contributed by atoms with Crippen LogP contribution >= 0.6 is 11.8 Å². The van der Waals surface area contributed by atoms with Crippen molar-refractivity contribution in [3.8, 4) is 16.9 Å². The van der Waals surface area contributed by atoms with Crippen LogP contribution in [0.5, 0.6) is 5.75 Å². The molecular formula is C21H19N3OS. The van der Waals surface area contributed by atoms with Crippen LogP contribution in [-0.4, -0.2) is 16.5 Å². The minimum absolute atomic E-state index is 0.265. The van der Waals surface area contributed by atoms with Crippen molar-refractivity contribution in [3.05, 3.63) is 90.0 Å². The van der Waals surface area contributed by atoms with Gasteiger partial charge < -0.3 is 10.8 Å². The molecule has 0 saturated heterocycles. The summed E-state index contributed by atoms with van der Waals surface area (Å²) in [6.07, 6.45) is 1.66. The lowest BCUT2D eigenvalue weighted by molar-refractivity contribution is 0.477. The first kappa shape index (κ1) is 17.8. The molecule has 130 valence electrons. The minimum atomic E-state index is 0.265. The summed E-state index contributed by atoms with van der Waals surface area (Å²) >= 11 is 1.45. The van der Waals surface area contributed by atoms with Crippen LogP contribution in [0.15, 0.2) is 89.1 Å². The third-order valence-electron chi connectivity index (χ3n) is 3.72. The van der Waals surface area contributed by atoms with E-state index in [-0.39, 0.29) is 5.75 Å². The number of aromatic hydroxyl groups is 1. The molecule has 0 radical (unpaired) electrons. The second-order valence-corrected chi connectivity index (χ2v) is 6.59. The maximum absolute atomic E-state index is 9.91. The SMILES string of the molecule is NC(=NN=Cc1ccc(-c2ccccc2O)cc1)SCc1ccccc1. The highest BCUT2D eigenvalue weighted by Crippen LogP contribution is 2.28. The van der Waals surface area contributed by atoms with E-state index >= 15 is 0 Å². The molecule has 0 spiro atoms. The molecule has 0 aromatic heterocycles. The van der Waals surface area contributed by atoms with Crippen molar-refractivity contribution in [2.75, 3.05) is 0 Å². The summed E-state index contributed by atoms with van der Waals surface area (Å²) in [5.74, 6) is 1.03. The van der Waals surface area contributed by atoms with Crippen molar-refractivity contribution in [1.82, 2.24) is 0 Å². The summed E-state index contributed by atoms with van der Waals surface area (Å²) < 4.78 is 0. The highest BCUT2D eigenvalue weighted by Gasteiger charge is 2.02. The van der Waals surface area contributed by atoms with Crippen LogP contribution in [0.1, 0.15) is 11.1 Å². The predicted octanol–water partition coefficient (Wildman–Crippen LogP) is 4.64. The van der Waals surface area contributed by atoms with Crippen LogP contribution in [0.2, 0.25) is 0 Å². The maximum Gasteiger partial charge on any atom is 0.180 e. The number of amidine groups is 1. The number of hydrogen-bond acceptors (Lipinski definition) is 4. The Morgan fingerprint density at radius 3 is 2.35 bits per heavy atom. The first-order chi connectivity index (χ1) is 12.7. The Morgan fingerprint density at radius 1 is 0.923 bits per heavy atom. The van der Waals surface area contributed by atoms with Gasteiger partial charge in [-0.1, -0.05) is 84.6 Å². The highest BCUT2D eigenvalue weighted by molar-refractivity contribution is 8.13. The van der Waals surface area contributed by atoms with E-state index in [0.717, 1.165) is 22.4 Å². The second-order valence-electron chi connectivity index (χ2n) is 5.60. The van der Waals surface area contributed by atoms with Gasteiger partial charge in [0.1, 0.15) is 5.75 Å². The molecule has 3 N–H and O–H groups in total. The first-order valence-electron chi connectivity index (χ1n) is 8.14. The lowest BCUT2D eigenvalue weighted by atomic mass is 10.0. The Morgan fingerprint density at radius 2 is 1.62 bits per heavy atom. The van der Waals surface area contributed by atoms with Crippen LogP contribution in [0.25, 0.3) is 11.1 Å². The highest BCUT2D eigenvalue weighted by atomic mass is 32.2. The number of nitrogens with zero attached hydrogens (tertiary/aromatic N) is 2. The molecule has 5 heteroatoms. The predicted molar refractivity (Wildman–Crippen MR) is 110 cm³/mol. The van der Waals surface area contributed by atoms with Gasteiger partial charge in [-0.2, -0.15) is 5.10 Å². The number of phenolic OH excluding ortho intramolecular Hbond substituents is 1. The summed E-state index contributed by atoms with van der Waals surface area (Å²) in [6.45, 7) is 0. The molecule has 3 rings (SSSR count). The van der Waals surface area contributed by atoms with Crippen molar-refractivity contribution in [1.29, 1.82) is 0 Å². The summed E-state index contributed by atoms with van der Waals surface area (Å²) in [4.78, 5) is 0. The van der Waals surface area contributed by atoms with Gasteiger partial charge >= 0.3 is 0 Å². The Hall–Kier alpha value is -3.05. The average Bonchev–Trinajstić information content (AvgIpc) is 2.68. The largest absolute Gasteiger partial charge is 0.507 e. The Kier molecular flexibility index (Phi) is 6.06. The fraction of sp³-hybridized carbons (Fsp3) is 0.0476. The number of para-hydroxylation sites is 1. The van der Waals surface area contributed by atoms with Crippen molar-refractivity contribution in [2.45, 2.75) is 5.75 Å². The normalized spacial score (nSPS) is 11.8. The van der Waals surface area contributed by atoms with Gasteiger partial charge in [0, 0.05) is 11.3 Å². The third kappa shape index (κ3) is 4.97. The molecule has 0 fully saturated rings. The lowest BCUT2D eigenvalue weighted by Crippen LogP contribution is -2.05. The smallest absolute Gasteiger partial charge is 0.180 e. The first-order valence-corrected chi connectivity index (χ1v) is 9.12. The average molecular weight is 361 g/mol. The van der Waals surface area contributed by atoms with E-state index in [4.69, 9.17) is 5.73 Å². The van der Waals surface area contributed by atoms with Crippen LogP contribution in [0.3, 0.4) is 0 Å². The lowest BCUT2D eigenvalue weighted by Gasteiger charge is -2.04. The van der Waals surface area contributed by atoms with Gasteiger partial charge in [0.25, 0.3) is 0 Å². The van der Waals surface area contributed by atoms with Crippen LogP contribution in [0.4, 0.5) is 0 Å². The van der Waals surface area contributed by atoms with E-state index in [0.29, 0.717) is 5.17 Å². The van der Waals surface area contributed by atoms with Gasteiger partial charge in [0.2, 0.25) is 0 Å². The molecule has 0 saturated carbocycles. The van der Waals surface area contributed by atoms with Crippen LogP contribution in [-0.2, 0) is 5.75 Å². The van der Waals surface area contributed by atoms with Gasteiger partial charge in [0.15, 0.2) is 5.17 Å². The van der Waals surface area contributed by atoms with Gasteiger partial charge in [0.05, 0.1) is 6.21 Å². The number of hydrogen-bond donors (Lipinski definition) is 2. The minimum Gasteiger partial charge on any atom is -0.507 e. The third-order valence-corrected chi connectivity index (χ3v) is 4.57. The van der Waals surface area contributed by atoms with Gasteiger partial charge in [-0.15, -0.1) is 5.10 Å². The van der Waals surface area contributed by atoms with E-state index < -0.39 is 0 Å². The number of benzene rings is 3. The fourth-order valence-corrected chi connectivity index (χ4v) is 2.99. The number of nitrogens with two attached hydrogens (primary N) is 1. The van der Waals surface area contributed by atoms with E-state index in [1.54, 1.807) is 18.3 Å². The van der Waals surface area contributed by atoms with Crippen LogP contribution < -0.4 is 5.73 Å². The van der Waals surface area contributed by atoms with E-state index in [1.807, 2.05) is 54.6 Å². The van der Waals surface area contributed by atoms with Crippen molar-refractivity contribution in [3.63, 3.8) is 0 Å². The Balaban J connectivity index is 1.59. The molecule has 0 amide bonds. The summed E-state index contributed by atoms with van der Waals surface area (Å²) in [7, 11) is 0. The Labute approximate surface area is 157 Å². The fourth-order valence-electron chi connectivity index (χ4n) is 2.38. The molecule has 0 heterocycles. The summed E-state index contributed by atoms with van der Waals surface area (Å²) in [6, 6.07) is 25.1. The summed E-state index contributed by atoms with van der Waals surface area (Å²) in [5.41, 5.74) is 9.73. The molecule has 3 aromatic carbocycles. The van der Waals surface area contributed by atoms with Gasteiger partial charge in [-0.25, -0.2) is 0 Å². The van der Waals surface area contributed by atoms with Crippen molar-refractivity contribution in [2.24, 2.45) is 15.9 Å². The molecule has 0 unspecified atom stereocenters. The standard InChI is InChI=1S/C21H19N3OS/c22-21(26-15-17-6-2-1-3-7-17)24-23-14-16-10-12-18(13-11-16)19-8-4-5-9-20(19)25/h1-14,25H,15H2,(H2,22,24). The number of rotatable bonds is 5. The number of thioether (sulfide) groups is 1. The zero-order valence-corrected chi connectivity index (χ0v) is 14.9. The van der Waals surface area contributed by atoms with Crippen molar-refractivity contribution < 1.29 is 5.11 Å².